The maximum atomic E-state index is 12.3. The van der Waals surface area contributed by atoms with Crippen LogP contribution in [0.25, 0.3) is 0 Å². The maximum absolute atomic E-state index is 12.3. The maximum Gasteiger partial charge on any atom is 0.306 e. The molecule has 0 aliphatic heterocycles. The van der Waals surface area contributed by atoms with Crippen LogP contribution in [0.4, 0.5) is 0 Å². The van der Waals surface area contributed by atoms with Crippen LogP contribution in [-0.2, 0) is 19.1 Å². The number of unbranched alkanes of at least 4 members (excludes halogenated alkanes) is 47. The number of esters is 2. The normalized spacial score (nSPS) is 12.0. The predicted octanol–water partition coefficient (Wildman–Crippen LogP) is 19.4. The van der Waals surface area contributed by atoms with Gasteiger partial charge >= 0.3 is 11.9 Å². The van der Waals surface area contributed by atoms with Crippen molar-refractivity contribution in [2.75, 3.05) is 13.2 Å². The monoisotopic (exact) mass is 891 g/mol. The van der Waals surface area contributed by atoms with Crippen molar-refractivity contribution in [3.05, 3.63) is 0 Å². The van der Waals surface area contributed by atoms with Crippen LogP contribution in [0.15, 0.2) is 0 Å². The number of ether oxygens (including phenoxy) is 2. The van der Waals surface area contributed by atoms with E-state index in [2.05, 4.69) is 13.8 Å². The van der Waals surface area contributed by atoms with Crippen LogP contribution in [0, 0.1) is 0 Å². The van der Waals surface area contributed by atoms with E-state index in [1.807, 2.05) is 0 Å². The number of rotatable bonds is 55. The lowest BCUT2D eigenvalue weighted by Gasteiger charge is -2.15. The zero-order valence-corrected chi connectivity index (χ0v) is 43.1. The van der Waals surface area contributed by atoms with Crippen LogP contribution in [-0.4, -0.2) is 36.4 Å². The predicted molar refractivity (Wildman–Crippen MR) is 275 cm³/mol. The van der Waals surface area contributed by atoms with Crippen molar-refractivity contribution in [1.82, 2.24) is 0 Å². The highest BCUT2D eigenvalue weighted by Gasteiger charge is 2.16. The largest absolute Gasteiger partial charge is 0.462 e. The van der Waals surface area contributed by atoms with Crippen LogP contribution in [0.2, 0.25) is 0 Å². The van der Waals surface area contributed by atoms with Gasteiger partial charge in [-0.2, -0.15) is 0 Å². The van der Waals surface area contributed by atoms with E-state index in [0.717, 1.165) is 32.1 Å². The molecule has 1 unspecified atom stereocenters. The van der Waals surface area contributed by atoms with E-state index in [1.165, 1.54) is 283 Å². The molecule has 0 saturated heterocycles. The van der Waals surface area contributed by atoms with Gasteiger partial charge in [0.2, 0.25) is 0 Å². The molecular weight excluding hydrogens is 777 g/mol. The first-order chi connectivity index (χ1) is 31.1. The van der Waals surface area contributed by atoms with Crippen LogP contribution in [0.3, 0.4) is 0 Å². The quantitative estimate of drug-likeness (QED) is 0.0486. The molecule has 0 aliphatic rings. The molecule has 0 aromatic rings. The molecule has 0 amide bonds. The van der Waals surface area contributed by atoms with Gasteiger partial charge in [-0.15, -0.1) is 0 Å². The standard InChI is InChI=1S/C58H114O5/c1-3-5-7-9-11-13-15-17-19-20-21-22-23-24-25-26-27-28-29-30-31-32-33-34-35-36-37-38-39-41-43-45-47-49-51-53-58(61)63-56(54-59)55-62-57(60)52-50-48-46-44-42-40-18-16-14-12-10-8-6-4-2/h56,59H,3-55H2,1-2H3. The number of aliphatic hydroxyl groups excluding tert-OH is 1. The zero-order valence-electron chi connectivity index (χ0n) is 43.1. The number of hydrogen-bond acceptors (Lipinski definition) is 5. The molecule has 0 aliphatic carbocycles. The topological polar surface area (TPSA) is 72.8 Å². The molecule has 63 heavy (non-hydrogen) atoms. The Bertz CT molecular complexity index is 875. The van der Waals surface area contributed by atoms with E-state index in [-0.39, 0.29) is 25.2 Å². The Kier molecular flexibility index (Phi) is 54.3. The Morgan fingerprint density at radius 1 is 0.302 bits per heavy atom. The van der Waals surface area contributed by atoms with Gasteiger partial charge in [-0.25, -0.2) is 0 Å². The van der Waals surface area contributed by atoms with Gasteiger partial charge in [0.05, 0.1) is 6.61 Å². The molecular formula is C58H114O5. The second kappa shape index (κ2) is 55.2. The molecule has 0 aromatic heterocycles. The highest BCUT2D eigenvalue weighted by atomic mass is 16.6. The molecule has 1 N–H and O–H groups in total. The van der Waals surface area contributed by atoms with Gasteiger partial charge < -0.3 is 14.6 Å². The summed E-state index contributed by atoms with van der Waals surface area (Å²) in [6, 6.07) is 0. The molecule has 0 saturated carbocycles. The first-order valence-electron chi connectivity index (χ1n) is 29.1. The second-order valence-electron chi connectivity index (χ2n) is 20.1. The summed E-state index contributed by atoms with van der Waals surface area (Å²) in [6.45, 7) is 4.20. The first-order valence-corrected chi connectivity index (χ1v) is 29.1. The molecule has 0 spiro atoms. The molecule has 0 radical (unpaired) electrons. The van der Waals surface area contributed by atoms with Crippen LogP contribution in [0.5, 0.6) is 0 Å². The first kappa shape index (κ1) is 61.9. The Labute approximate surface area is 395 Å². The van der Waals surface area contributed by atoms with Gasteiger partial charge in [-0.05, 0) is 12.8 Å². The summed E-state index contributed by atoms with van der Waals surface area (Å²) in [7, 11) is 0. The number of carbonyl (C=O) groups is 2. The van der Waals surface area contributed by atoms with E-state index in [9.17, 15) is 14.7 Å². The summed E-state index contributed by atoms with van der Waals surface area (Å²) in [5.74, 6) is -0.566. The van der Waals surface area contributed by atoms with Crippen molar-refractivity contribution in [2.24, 2.45) is 0 Å². The second-order valence-corrected chi connectivity index (χ2v) is 20.1. The summed E-state index contributed by atoms with van der Waals surface area (Å²) in [6.07, 6.45) is 66.8. The lowest BCUT2D eigenvalue weighted by molar-refractivity contribution is -0.161. The highest BCUT2D eigenvalue weighted by Crippen LogP contribution is 2.18. The molecule has 0 fully saturated rings. The summed E-state index contributed by atoms with van der Waals surface area (Å²) in [5.41, 5.74) is 0. The number of aliphatic hydroxyl groups is 1. The molecule has 0 bridgehead atoms. The van der Waals surface area contributed by atoms with Crippen LogP contribution < -0.4 is 0 Å². The molecule has 0 heterocycles. The molecule has 0 aromatic carbocycles. The molecule has 376 valence electrons. The fraction of sp³-hybridized carbons (Fsp3) is 0.966. The highest BCUT2D eigenvalue weighted by molar-refractivity contribution is 5.70. The molecule has 1 atom stereocenters. The lowest BCUT2D eigenvalue weighted by atomic mass is 10.0. The Hall–Kier alpha value is -1.10. The molecule has 5 nitrogen and oxygen atoms in total. The minimum atomic E-state index is -0.763. The third-order valence-corrected chi connectivity index (χ3v) is 13.7. The third kappa shape index (κ3) is 53.4. The summed E-state index contributed by atoms with van der Waals surface area (Å²) >= 11 is 0. The van der Waals surface area contributed by atoms with Gasteiger partial charge in [0.25, 0.3) is 0 Å². The van der Waals surface area contributed by atoms with Crippen molar-refractivity contribution < 1.29 is 24.2 Å². The fourth-order valence-electron chi connectivity index (χ4n) is 9.27. The minimum absolute atomic E-state index is 0.0562. The third-order valence-electron chi connectivity index (χ3n) is 13.7. The van der Waals surface area contributed by atoms with Crippen molar-refractivity contribution in [3.63, 3.8) is 0 Å². The van der Waals surface area contributed by atoms with Crippen molar-refractivity contribution in [1.29, 1.82) is 0 Å². The minimum Gasteiger partial charge on any atom is -0.462 e. The van der Waals surface area contributed by atoms with E-state index in [4.69, 9.17) is 9.47 Å². The Morgan fingerprint density at radius 3 is 0.698 bits per heavy atom. The van der Waals surface area contributed by atoms with Gasteiger partial charge in [-0.3, -0.25) is 9.59 Å². The Morgan fingerprint density at radius 2 is 0.492 bits per heavy atom. The van der Waals surface area contributed by atoms with Crippen LogP contribution >= 0.6 is 0 Å². The van der Waals surface area contributed by atoms with Crippen LogP contribution in [0.1, 0.15) is 341 Å². The van der Waals surface area contributed by atoms with E-state index < -0.39 is 6.10 Å². The van der Waals surface area contributed by atoms with Crippen molar-refractivity contribution in [3.8, 4) is 0 Å². The lowest BCUT2D eigenvalue weighted by Crippen LogP contribution is -2.28. The van der Waals surface area contributed by atoms with Gasteiger partial charge in [0, 0.05) is 12.8 Å². The Balaban J connectivity index is 3.33. The summed E-state index contributed by atoms with van der Waals surface area (Å²) < 4.78 is 10.7. The van der Waals surface area contributed by atoms with E-state index in [0.29, 0.717) is 12.8 Å². The van der Waals surface area contributed by atoms with E-state index in [1.54, 1.807) is 0 Å². The average molecular weight is 892 g/mol. The summed E-state index contributed by atoms with van der Waals surface area (Å²) in [5, 5.41) is 9.63. The van der Waals surface area contributed by atoms with Crippen molar-refractivity contribution in [2.45, 2.75) is 347 Å². The van der Waals surface area contributed by atoms with Gasteiger partial charge in [0.1, 0.15) is 6.61 Å². The van der Waals surface area contributed by atoms with Gasteiger partial charge in [0.15, 0.2) is 6.10 Å². The van der Waals surface area contributed by atoms with Gasteiger partial charge in [-0.1, -0.05) is 316 Å². The SMILES string of the molecule is CCCCCCCCCCCCCCCCCCCCCCCCCCCCCCCCCCCCCC(=O)OC(CO)COC(=O)CCCCCCCCCCCCCCCC. The fourth-order valence-corrected chi connectivity index (χ4v) is 9.27. The average Bonchev–Trinajstić information content (AvgIpc) is 3.29. The summed E-state index contributed by atoms with van der Waals surface area (Å²) in [4.78, 5) is 24.4. The van der Waals surface area contributed by atoms with E-state index >= 15 is 0 Å². The van der Waals surface area contributed by atoms with Crippen molar-refractivity contribution >= 4 is 11.9 Å². The number of carbonyl (C=O) groups excluding carboxylic acids is 2. The molecule has 0 rings (SSSR count). The smallest absolute Gasteiger partial charge is 0.306 e. The zero-order chi connectivity index (χ0) is 45.6. The molecule has 5 heteroatoms. The number of hydrogen-bond donors (Lipinski definition) is 1.